The third kappa shape index (κ3) is 29.2. The number of nitrogens with zero attached hydrogens (tertiary/aromatic N) is 1. The van der Waals surface area contributed by atoms with Crippen LogP contribution >= 0.6 is 0 Å². The number of ether oxygens (including phenoxy) is 2. The fraction of sp³-hybridized carbons (Fsp3) is 0.732. The van der Waals surface area contributed by atoms with Gasteiger partial charge >= 0.3 is 5.97 Å². The molecule has 1 saturated heterocycles. The van der Waals surface area contributed by atoms with Crippen LogP contribution < -0.4 is 0 Å². The van der Waals surface area contributed by atoms with Gasteiger partial charge in [-0.15, -0.1) is 0 Å². The van der Waals surface area contributed by atoms with E-state index in [1.165, 1.54) is 31.6 Å². The molecule has 0 aromatic heterocycles. The molecule has 1 heterocycles. The number of esters is 1. The van der Waals surface area contributed by atoms with E-state index in [0.717, 1.165) is 56.9 Å². The largest absolute Gasteiger partial charge is 0.468 e. The van der Waals surface area contributed by atoms with Crippen molar-refractivity contribution in [3.63, 3.8) is 0 Å². The summed E-state index contributed by atoms with van der Waals surface area (Å²) in [5.41, 5.74) is 0.527. The average molecular weight is 1010 g/mol. The van der Waals surface area contributed by atoms with Gasteiger partial charge in [0.2, 0.25) is 5.78 Å². The number of aliphatic hydroxyl groups excluding tert-OH is 5. The molecule has 1 amide bonds. The smallest absolute Gasteiger partial charge is 0.317 e. The van der Waals surface area contributed by atoms with Crippen molar-refractivity contribution >= 4 is 41.5 Å². The molecular formula is C56H95NO14. The second-order valence-corrected chi connectivity index (χ2v) is 19.2. The van der Waals surface area contributed by atoms with Crippen LogP contribution in [0.5, 0.6) is 0 Å². The molecule has 7 atom stereocenters. The predicted octanol–water partition coefficient (Wildman–Crippen LogP) is 8.25. The molecule has 1 aliphatic carbocycles. The minimum Gasteiger partial charge on any atom is -0.468 e. The molecule has 2 aliphatic rings. The zero-order valence-electron chi connectivity index (χ0n) is 45.4. The molecule has 0 bridgehead atoms. The van der Waals surface area contributed by atoms with Gasteiger partial charge in [0.05, 0.1) is 38.1 Å². The van der Waals surface area contributed by atoms with Crippen molar-refractivity contribution in [1.29, 1.82) is 0 Å². The number of likely N-dealkylation sites (tertiary alicyclic amines) is 1. The lowest BCUT2D eigenvalue weighted by molar-refractivity contribution is -0.168. The van der Waals surface area contributed by atoms with E-state index in [9.17, 15) is 59.1 Å². The maximum Gasteiger partial charge on any atom is 0.317 e. The summed E-state index contributed by atoms with van der Waals surface area (Å²) in [7, 11) is 0. The predicted molar refractivity (Wildman–Crippen MR) is 278 cm³/mol. The Labute approximate surface area is 426 Å². The minimum absolute atomic E-state index is 0.00608. The number of amides is 1. The summed E-state index contributed by atoms with van der Waals surface area (Å²) < 4.78 is 9.75. The Morgan fingerprint density at radius 1 is 0.817 bits per heavy atom. The normalized spacial score (nSPS) is 18.4. The number of aliphatic hydroxyl groups is 5. The average Bonchev–Trinajstić information content (AvgIpc) is 3.63. The SMILES string of the molecule is CC.CC(=O)C/C=C(\C)C(O)CC(=O)C(C)C[C@H](C)/C=C/C=C/C=C(\C)CCC(O)CC(O)C(C)C(=O)C(=O)C(=O)N1CCCCC1C.CCC(CO)(CO)C(=O)OC1CCCCCC1.CCCOC=O. The highest BCUT2D eigenvalue weighted by Gasteiger charge is 2.39. The van der Waals surface area contributed by atoms with Crippen LogP contribution in [0.1, 0.15) is 185 Å². The second kappa shape index (κ2) is 40.3. The van der Waals surface area contributed by atoms with Crippen LogP contribution in [0.2, 0.25) is 0 Å². The van der Waals surface area contributed by atoms with E-state index in [1.54, 1.807) is 19.9 Å². The minimum atomic E-state index is -1.24. The Bertz CT molecular complexity index is 1660. The van der Waals surface area contributed by atoms with Gasteiger partial charge in [0.15, 0.2) is 0 Å². The number of ketones is 4. The van der Waals surface area contributed by atoms with Crippen molar-refractivity contribution < 1.29 is 68.6 Å². The van der Waals surface area contributed by atoms with Gasteiger partial charge in [0.1, 0.15) is 23.1 Å². The third-order valence-corrected chi connectivity index (χ3v) is 13.0. The van der Waals surface area contributed by atoms with E-state index < -0.39 is 53.1 Å². The molecular weight excluding hydrogens is 911 g/mol. The quantitative estimate of drug-likeness (QED) is 0.00725. The van der Waals surface area contributed by atoms with E-state index >= 15 is 0 Å². The van der Waals surface area contributed by atoms with Crippen LogP contribution in [0.15, 0.2) is 47.6 Å². The lowest BCUT2D eigenvalue weighted by atomic mass is 9.87. The number of hydrogen-bond donors (Lipinski definition) is 5. The van der Waals surface area contributed by atoms with Crippen LogP contribution in [0.3, 0.4) is 0 Å². The Balaban J connectivity index is 0. The Morgan fingerprint density at radius 2 is 1.42 bits per heavy atom. The first-order chi connectivity index (χ1) is 33.6. The number of hydrogen-bond acceptors (Lipinski definition) is 14. The zero-order valence-corrected chi connectivity index (χ0v) is 45.4. The lowest BCUT2D eigenvalue weighted by Gasteiger charge is -2.33. The molecule has 1 saturated carbocycles. The van der Waals surface area contributed by atoms with Gasteiger partial charge in [0.25, 0.3) is 18.2 Å². The van der Waals surface area contributed by atoms with Crippen LogP contribution in [0, 0.1) is 23.2 Å². The summed E-state index contributed by atoms with van der Waals surface area (Å²) >= 11 is 0. The monoisotopic (exact) mass is 1010 g/mol. The van der Waals surface area contributed by atoms with Crippen LogP contribution in [-0.4, -0.2) is 129 Å². The Morgan fingerprint density at radius 3 is 1.94 bits per heavy atom. The van der Waals surface area contributed by atoms with E-state index in [-0.39, 0.29) is 68.0 Å². The van der Waals surface area contributed by atoms with Gasteiger partial charge in [-0.05, 0) is 123 Å². The molecule has 71 heavy (non-hydrogen) atoms. The zero-order chi connectivity index (χ0) is 54.5. The van der Waals surface area contributed by atoms with Gasteiger partial charge < -0.3 is 39.9 Å². The van der Waals surface area contributed by atoms with Crippen LogP contribution in [0.4, 0.5) is 0 Å². The summed E-state index contributed by atoms with van der Waals surface area (Å²) in [5, 5.41) is 49.8. The molecule has 0 aromatic rings. The van der Waals surface area contributed by atoms with Crippen molar-refractivity contribution in [2.75, 3.05) is 26.4 Å². The standard InChI is InChI=1S/C37H57NO8.C13H24O4.C4H8O2.C2H6/c1-24(13-9-8-10-14-25(2)21-27(4)33(42)23-32(41)26(3)17-18-29(6)39)16-19-31(40)22-34(43)30(7)35(44)36(45)37(46)38-20-12-11-15-28(38)5;1-2-13(9-14,10-15)12(16)17-11-7-5-3-4-6-8-11;1-2-3-6-4-5;1-2/h8-10,13-14,17,25,27-28,30-32,34,40-41,43H,11-12,15-16,18-23H2,1-7H3;11,14-15H,2-10H2,1H3;4H,2-3H2,1H3;1-2H3/b9-8+,14-10+,24-13+,26-17+;;;/t25-,27?,28?,30?,31?,32?,34?;;;/m1.../s1. The molecule has 15 heteroatoms. The fourth-order valence-electron chi connectivity index (χ4n) is 7.74. The van der Waals surface area contributed by atoms with Gasteiger partial charge in [-0.1, -0.05) is 103 Å². The van der Waals surface area contributed by atoms with E-state index in [1.807, 2.05) is 78.8 Å². The highest BCUT2D eigenvalue weighted by molar-refractivity contribution is 6.63. The second-order valence-electron chi connectivity index (χ2n) is 19.2. The molecule has 15 nitrogen and oxygen atoms in total. The molecule has 408 valence electrons. The molecule has 2 fully saturated rings. The van der Waals surface area contributed by atoms with Crippen molar-refractivity contribution in [1.82, 2.24) is 4.90 Å². The van der Waals surface area contributed by atoms with Gasteiger partial charge in [-0.25, -0.2) is 0 Å². The number of rotatable bonds is 28. The highest BCUT2D eigenvalue weighted by Crippen LogP contribution is 2.27. The Kier molecular flexibility index (Phi) is 39.2. The molecule has 6 unspecified atom stereocenters. The van der Waals surface area contributed by atoms with Gasteiger partial charge in [0, 0.05) is 37.3 Å². The van der Waals surface area contributed by atoms with Gasteiger partial charge in [-0.3, -0.25) is 33.6 Å². The summed E-state index contributed by atoms with van der Waals surface area (Å²) in [6.07, 6.45) is 20.3. The highest BCUT2D eigenvalue weighted by atomic mass is 16.5. The summed E-state index contributed by atoms with van der Waals surface area (Å²) in [4.78, 5) is 84.2. The molecule has 2 rings (SSSR count). The van der Waals surface area contributed by atoms with E-state index in [0.29, 0.717) is 50.9 Å². The molecule has 1 aliphatic heterocycles. The topological polar surface area (TPSA) is 242 Å². The van der Waals surface area contributed by atoms with Crippen LogP contribution in [0.25, 0.3) is 0 Å². The number of piperidine rings is 1. The first kappa shape index (κ1) is 68.9. The first-order valence-corrected chi connectivity index (χ1v) is 26.3. The molecule has 0 radical (unpaired) electrons. The van der Waals surface area contributed by atoms with Crippen molar-refractivity contribution in [2.24, 2.45) is 23.2 Å². The third-order valence-electron chi connectivity index (χ3n) is 13.0. The molecule has 0 spiro atoms. The number of allylic oxidation sites excluding steroid dienone is 7. The summed E-state index contributed by atoms with van der Waals surface area (Å²) in [6, 6.07) is -0.0951. The van der Waals surface area contributed by atoms with Crippen LogP contribution in [-0.2, 0) is 43.0 Å². The van der Waals surface area contributed by atoms with Crippen molar-refractivity contribution in [2.45, 2.75) is 216 Å². The van der Waals surface area contributed by atoms with Gasteiger partial charge in [-0.2, -0.15) is 0 Å². The Hall–Kier alpha value is -4.15. The van der Waals surface area contributed by atoms with Crippen molar-refractivity contribution in [3.8, 4) is 0 Å². The number of carbonyl (C=O) groups excluding carboxylic acids is 7. The number of Topliss-reactive ketones (excluding diaryl/α,β-unsaturated/α-hetero) is 4. The van der Waals surface area contributed by atoms with Crippen molar-refractivity contribution in [3.05, 3.63) is 47.6 Å². The maximum atomic E-state index is 12.6. The molecule has 5 N–H and O–H groups in total. The maximum absolute atomic E-state index is 12.6. The number of carbonyl (C=O) groups is 7. The fourth-order valence-corrected chi connectivity index (χ4v) is 7.74. The van der Waals surface area contributed by atoms with E-state index in [2.05, 4.69) is 4.74 Å². The summed E-state index contributed by atoms with van der Waals surface area (Å²) in [6.45, 7) is 20.8. The van der Waals surface area contributed by atoms with E-state index in [4.69, 9.17) is 4.74 Å². The first-order valence-electron chi connectivity index (χ1n) is 26.3. The molecule has 0 aromatic carbocycles. The summed E-state index contributed by atoms with van der Waals surface area (Å²) in [5.74, 6) is -4.43. The lowest BCUT2D eigenvalue weighted by Crippen LogP contribution is -2.49.